The third kappa shape index (κ3) is 3.45. The minimum atomic E-state index is -0.365. The molecule has 0 saturated heterocycles. The summed E-state index contributed by atoms with van der Waals surface area (Å²) < 4.78 is 12.6. The van der Waals surface area contributed by atoms with Crippen molar-refractivity contribution >= 4 is 44.8 Å². The molecule has 2 heterocycles. The molecule has 2 atom stereocenters. The summed E-state index contributed by atoms with van der Waals surface area (Å²) in [6.45, 7) is 0. The van der Waals surface area contributed by atoms with E-state index < -0.39 is 0 Å². The van der Waals surface area contributed by atoms with Gasteiger partial charge in [-0.05, 0) is 70.0 Å². The number of hydrogen-bond donors (Lipinski definition) is 0. The van der Waals surface area contributed by atoms with E-state index in [1.54, 1.807) is 7.11 Å². The van der Waals surface area contributed by atoms with E-state index in [-0.39, 0.29) is 12.3 Å². The molecular weight excluding hydrogens is 487 g/mol. The highest BCUT2D eigenvalue weighted by atomic mass is 79.9. The monoisotopic (exact) mass is 502 g/mol. The Kier molecular flexibility index (Phi) is 5.13. The standard InChI is InChI=1S/C23H17BrCl2N2O2/c1-29-22-8-4-14(10-18(22)24)23-28-20(17-11-16(26)7-9-21(17)30-23)12-19(27-28)13-2-5-15(25)6-3-13/h2-11,20,23H,12H2,1H3/t20-,23-/m1/s1. The number of rotatable bonds is 3. The Bertz CT molecular complexity index is 1150. The Morgan fingerprint density at radius 1 is 1.03 bits per heavy atom. The van der Waals surface area contributed by atoms with Crippen molar-refractivity contribution in [1.29, 1.82) is 0 Å². The quantitative estimate of drug-likeness (QED) is 0.385. The Morgan fingerprint density at radius 2 is 1.80 bits per heavy atom. The number of nitrogens with zero attached hydrogens (tertiary/aromatic N) is 2. The van der Waals surface area contributed by atoms with Gasteiger partial charge in [-0.25, -0.2) is 5.01 Å². The van der Waals surface area contributed by atoms with Gasteiger partial charge in [-0.3, -0.25) is 0 Å². The van der Waals surface area contributed by atoms with Gasteiger partial charge < -0.3 is 9.47 Å². The van der Waals surface area contributed by atoms with Crippen LogP contribution in [0.5, 0.6) is 11.5 Å². The minimum absolute atomic E-state index is 0.0315. The molecule has 5 rings (SSSR count). The first-order valence-electron chi connectivity index (χ1n) is 9.45. The summed E-state index contributed by atoms with van der Waals surface area (Å²) in [5.41, 5.74) is 4.06. The number of methoxy groups -OCH3 is 1. The second-order valence-corrected chi connectivity index (χ2v) is 8.93. The zero-order chi connectivity index (χ0) is 20.8. The first-order chi connectivity index (χ1) is 14.5. The lowest BCUT2D eigenvalue weighted by molar-refractivity contribution is -0.0190. The molecule has 3 aromatic carbocycles. The van der Waals surface area contributed by atoms with Crippen LogP contribution in [0.15, 0.2) is 70.2 Å². The van der Waals surface area contributed by atoms with Gasteiger partial charge in [-0.2, -0.15) is 5.10 Å². The maximum Gasteiger partial charge on any atom is 0.213 e. The van der Waals surface area contributed by atoms with Crippen molar-refractivity contribution in [2.24, 2.45) is 5.10 Å². The molecule has 30 heavy (non-hydrogen) atoms. The number of hydrazone groups is 1. The highest BCUT2D eigenvalue weighted by molar-refractivity contribution is 9.10. The number of fused-ring (bicyclic) bond motifs is 3. The molecule has 0 fully saturated rings. The molecule has 0 N–H and O–H groups in total. The minimum Gasteiger partial charge on any atom is -0.496 e. The van der Waals surface area contributed by atoms with Crippen LogP contribution in [0.3, 0.4) is 0 Å². The van der Waals surface area contributed by atoms with Gasteiger partial charge >= 0.3 is 0 Å². The van der Waals surface area contributed by atoms with Crippen LogP contribution in [0.1, 0.15) is 35.4 Å². The van der Waals surface area contributed by atoms with Gasteiger partial charge in [-0.15, -0.1) is 0 Å². The van der Waals surface area contributed by atoms with Crippen LogP contribution in [0.2, 0.25) is 10.0 Å². The van der Waals surface area contributed by atoms with E-state index in [4.69, 9.17) is 37.8 Å². The molecule has 2 aliphatic heterocycles. The van der Waals surface area contributed by atoms with Crippen molar-refractivity contribution in [2.75, 3.05) is 7.11 Å². The van der Waals surface area contributed by atoms with Crippen molar-refractivity contribution in [3.8, 4) is 11.5 Å². The molecule has 7 heteroatoms. The van der Waals surface area contributed by atoms with Gasteiger partial charge in [-0.1, -0.05) is 35.3 Å². The smallest absolute Gasteiger partial charge is 0.213 e. The lowest BCUT2D eigenvalue weighted by Crippen LogP contribution is -2.33. The van der Waals surface area contributed by atoms with Crippen molar-refractivity contribution in [3.05, 3.63) is 91.9 Å². The molecule has 0 aliphatic carbocycles. The van der Waals surface area contributed by atoms with Gasteiger partial charge in [0, 0.05) is 27.6 Å². The van der Waals surface area contributed by atoms with E-state index >= 15 is 0 Å². The largest absolute Gasteiger partial charge is 0.496 e. The second-order valence-electron chi connectivity index (χ2n) is 7.20. The summed E-state index contributed by atoms with van der Waals surface area (Å²) >= 11 is 15.9. The molecule has 0 unspecified atom stereocenters. The van der Waals surface area contributed by atoms with Crippen LogP contribution in [0.25, 0.3) is 0 Å². The van der Waals surface area contributed by atoms with E-state index in [1.807, 2.05) is 65.7 Å². The molecule has 0 bridgehead atoms. The Morgan fingerprint density at radius 3 is 2.53 bits per heavy atom. The summed E-state index contributed by atoms with van der Waals surface area (Å²) in [5.74, 6) is 1.59. The molecule has 3 aromatic rings. The predicted molar refractivity (Wildman–Crippen MR) is 123 cm³/mol. The normalized spacial score (nSPS) is 19.6. The fourth-order valence-electron chi connectivity index (χ4n) is 3.93. The van der Waals surface area contributed by atoms with Gasteiger partial charge in [0.05, 0.1) is 23.3 Å². The molecule has 0 amide bonds. The molecular formula is C23H17BrCl2N2O2. The summed E-state index contributed by atoms with van der Waals surface area (Å²) in [6, 6.07) is 19.5. The topological polar surface area (TPSA) is 34.1 Å². The predicted octanol–water partition coefficient (Wildman–Crippen LogP) is 7.01. The second kappa shape index (κ2) is 7.80. The molecule has 0 spiro atoms. The fourth-order valence-corrected chi connectivity index (χ4v) is 4.80. The number of benzene rings is 3. The number of halogens is 3. The highest BCUT2D eigenvalue weighted by Gasteiger charge is 2.41. The zero-order valence-electron chi connectivity index (χ0n) is 16.0. The molecule has 0 aromatic heterocycles. The van der Waals surface area contributed by atoms with Gasteiger partial charge in [0.25, 0.3) is 0 Å². The van der Waals surface area contributed by atoms with Crippen LogP contribution in [0, 0.1) is 0 Å². The summed E-state index contributed by atoms with van der Waals surface area (Å²) in [5, 5.41) is 8.37. The van der Waals surface area contributed by atoms with Crippen molar-refractivity contribution in [3.63, 3.8) is 0 Å². The van der Waals surface area contributed by atoms with Crippen LogP contribution < -0.4 is 9.47 Å². The Hall–Kier alpha value is -2.21. The van der Waals surface area contributed by atoms with Gasteiger partial charge in [0.15, 0.2) is 0 Å². The van der Waals surface area contributed by atoms with Crippen molar-refractivity contribution in [2.45, 2.75) is 18.7 Å². The van der Waals surface area contributed by atoms with Crippen LogP contribution in [0.4, 0.5) is 0 Å². The highest BCUT2D eigenvalue weighted by Crippen LogP contribution is 2.48. The molecule has 0 saturated carbocycles. The SMILES string of the molecule is COc1ccc([C@H]2Oc3ccc(Cl)cc3[C@H]3CC(c4ccc(Cl)cc4)=NN32)cc1Br. The van der Waals surface area contributed by atoms with E-state index in [9.17, 15) is 0 Å². The maximum atomic E-state index is 6.40. The van der Waals surface area contributed by atoms with Crippen molar-refractivity contribution in [1.82, 2.24) is 5.01 Å². The molecule has 4 nitrogen and oxygen atoms in total. The van der Waals surface area contributed by atoms with E-state index in [0.29, 0.717) is 10.0 Å². The fraction of sp³-hybridized carbons (Fsp3) is 0.174. The third-order valence-electron chi connectivity index (χ3n) is 5.39. The van der Waals surface area contributed by atoms with Crippen molar-refractivity contribution < 1.29 is 9.47 Å². The van der Waals surface area contributed by atoms with E-state index in [1.165, 1.54) is 0 Å². The number of hydrogen-bond acceptors (Lipinski definition) is 4. The van der Waals surface area contributed by atoms with Gasteiger partial charge in [0.2, 0.25) is 6.23 Å². The molecule has 0 radical (unpaired) electrons. The lowest BCUT2D eigenvalue weighted by Gasteiger charge is -2.38. The average Bonchev–Trinajstić information content (AvgIpc) is 3.19. The average molecular weight is 504 g/mol. The van der Waals surface area contributed by atoms with Crippen LogP contribution >= 0.6 is 39.1 Å². The van der Waals surface area contributed by atoms with E-state index in [2.05, 4.69) is 15.9 Å². The zero-order valence-corrected chi connectivity index (χ0v) is 19.1. The van der Waals surface area contributed by atoms with Gasteiger partial charge in [0.1, 0.15) is 11.5 Å². The third-order valence-corrected chi connectivity index (χ3v) is 6.50. The maximum absolute atomic E-state index is 6.40. The summed E-state index contributed by atoms with van der Waals surface area (Å²) in [4.78, 5) is 0. The number of ether oxygens (including phenoxy) is 2. The van der Waals surface area contributed by atoms with Crippen LogP contribution in [-0.4, -0.2) is 17.8 Å². The Labute approximate surface area is 193 Å². The molecule has 152 valence electrons. The first kappa shape index (κ1) is 19.7. The Balaban J connectivity index is 1.59. The summed E-state index contributed by atoms with van der Waals surface area (Å²) in [7, 11) is 1.65. The van der Waals surface area contributed by atoms with E-state index in [0.717, 1.165) is 44.8 Å². The first-order valence-corrected chi connectivity index (χ1v) is 11.0. The molecule has 2 aliphatic rings. The lowest BCUT2D eigenvalue weighted by atomic mass is 9.96. The summed E-state index contributed by atoms with van der Waals surface area (Å²) in [6.07, 6.45) is 0.391. The van der Waals surface area contributed by atoms with Crippen LogP contribution in [-0.2, 0) is 0 Å².